The van der Waals surface area contributed by atoms with Gasteiger partial charge in [0.1, 0.15) is 11.6 Å². The third-order valence-electron chi connectivity index (χ3n) is 5.82. The number of nitrogens with one attached hydrogen (secondary N) is 2. The minimum atomic E-state index is -1.45. The molecule has 0 radical (unpaired) electrons. The highest BCUT2D eigenvalue weighted by atomic mass is 19.1. The van der Waals surface area contributed by atoms with Crippen molar-refractivity contribution in [2.75, 3.05) is 6.54 Å². The smallest absolute Gasteiger partial charge is 0.365 e. The van der Waals surface area contributed by atoms with Gasteiger partial charge in [0, 0.05) is 18.0 Å². The normalized spacial score (nSPS) is 22.1. The van der Waals surface area contributed by atoms with Crippen LogP contribution in [0, 0.1) is 11.6 Å². The van der Waals surface area contributed by atoms with Crippen molar-refractivity contribution in [3.63, 3.8) is 0 Å². The number of urea groups is 1. The number of nitrogens with zero attached hydrogens (tertiary/aromatic N) is 2. The van der Waals surface area contributed by atoms with Gasteiger partial charge in [-0.15, -0.1) is 5.10 Å². The molecule has 0 fully saturated rings. The van der Waals surface area contributed by atoms with Gasteiger partial charge < -0.3 is 10.1 Å². The van der Waals surface area contributed by atoms with Gasteiger partial charge in [0.25, 0.3) is 0 Å². The molecule has 0 spiro atoms. The van der Waals surface area contributed by atoms with Crippen molar-refractivity contribution < 1.29 is 23.5 Å². The van der Waals surface area contributed by atoms with E-state index in [4.69, 9.17) is 4.74 Å². The SMILES string of the molecule is O=C(NO)N1N=C(c2cc(F)ccc2F)OC1(CCCNC1C=CCCC1)c1ccccc1. The summed E-state index contributed by atoms with van der Waals surface area (Å²) in [6.45, 7) is 0.644. The number of hydrazone groups is 1. The molecule has 3 N–H and O–H groups in total. The molecule has 2 atom stereocenters. The molecular formula is C24H26F2N4O3. The van der Waals surface area contributed by atoms with Gasteiger partial charge in [0.05, 0.1) is 5.56 Å². The van der Waals surface area contributed by atoms with E-state index in [0.29, 0.717) is 24.6 Å². The predicted molar refractivity (Wildman–Crippen MR) is 118 cm³/mol. The van der Waals surface area contributed by atoms with E-state index in [1.807, 2.05) is 6.07 Å². The molecule has 2 aliphatic rings. The van der Waals surface area contributed by atoms with E-state index in [1.54, 1.807) is 29.7 Å². The van der Waals surface area contributed by atoms with Gasteiger partial charge in [-0.25, -0.2) is 19.1 Å². The molecule has 9 heteroatoms. The van der Waals surface area contributed by atoms with Gasteiger partial charge >= 0.3 is 6.03 Å². The molecule has 1 aliphatic heterocycles. The minimum Gasteiger partial charge on any atom is -0.443 e. The summed E-state index contributed by atoms with van der Waals surface area (Å²) in [5, 5.41) is 17.9. The number of hydroxylamine groups is 1. The van der Waals surface area contributed by atoms with Crippen LogP contribution in [0.15, 0.2) is 65.8 Å². The maximum atomic E-state index is 14.5. The van der Waals surface area contributed by atoms with Crippen molar-refractivity contribution in [2.24, 2.45) is 5.10 Å². The Morgan fingerprint density at radius 2 is 2.06 bits per heavy atom. The first-order chi connectivity index (χ1) is 16.0. The molecule has 4 rings (SSSR count). The van der Waals surface area contributed by atoms with Gasteiger partial charge in [0.2, 0.25) is 11.6 Å². The first-order valence-corrected chi connectivity index (χ1v) is 11.0. The van der Waals surface area contributed by atoms with Crippen molar-refractivity contribution in [3.05, 3.63) is 83.4 Å². The summed E-state index contributed by atoms with van der Waals surface area (Å²) in [6, 6.07) is 11.1. The molecule has 0 aromatic heterocycles. The van der Waals surface area contributed by atoms with Crippen LogP contribution in [-0.2, 0) is 10.5 Å². The van der Waals surface area contributed by atoms with E-state index < -0.39 is 23.4 Å². The Morgan fingerprint density at radius 3 is 2.79 bits per heavy atom. The van der Waals surface area contributed by atoms with Crippen LogP contribution in [0.5, 0.6) is 0 Å². The van der Waals surface area contributed by atoms with Gasteiger partial charge in [-0.1, -0.05) is 42.5 Å². The number of carbonyl (C=O) groups excluding carboxylic acids is 1. The Kier molecular flexibility index (Phi) is 7.00. The van der Waals surface area contributed by atoms with Gasteiger partial charge in [-0.3, -0.25) is 5.21 Å². The lowest BCUT2D eigenvalue weighted by Gasteiger charge is -2.35. The predicted octanol–water partition coefficient (Wildman–Crippen LogP) is 4.39. The third kappa shape index (κ3) is 4.89. The highest BCUT2D eigenvalue weighted by molar-refractivity contribution is 5.97. The molecule has 2 amide bonds. The molecule has 1 heterocycles. The zero-order chi connectivity index (χ0) is 23.3. The number of carbonyl (C=O) groups is 1. The fourth-order valence-corrected chi connectivity index (χ4v) is 4.20. The summed E-state index contributed by atoms with van der Waals surface area (Å²) in [7, 11) is 0. The highest BCUT2D eigenvalue weighted by Crippen LogP contribution is 2.41. The summed E-state index contributed by atoms with van der Waals surface area (Å²) >= 11 is 0. The lowest BCUT2D eigenvalue weighted by Crippen LogP contribution is -2.48. The Hall–Kier alpha value is -3.30. The first kappa shape index (κ1) is 22.9. The number of allylic oxidation sites excluding steroid dienone is 1. The minimum absolute atomic E-state index is 0.214. The number of ether oxygens (including phenoxy) is 1. The number of benzene rings is 2. The molecule has 1 aliphatic carbocycles. The molecule has 2 aromatic carbocycles. The molecule has 2 unspecified atom stereocenters. The Bertz CT molecular complexity index is 1050. The van der Waals surface area contributed by atoms with Crippen LogP contribution in [0.2, 0.25) is 0 Å². The lowest BCUT2D eigenvalue weighted by molar-refractivity contribution is -0.0584. The molecule has 2 aromatic rings. The average molecular weight is 456 g/mol. The molecular weight excluding hydrogens is 430 g/mol. The van der Waals surface area contributed by atoms with Gasteiger partial charge in [-0.05, 0) is 50.4 Å². The summed E-state index contributed by atoms with van der Waals surface area (Å²) in [4.78, 5) is 12.6. The van der Waals surface area contributed by atoms with E-state index >= 15 is 0 Å². The molecule has 0 saturated heterocycles. The maximum Gasteiger partial charge on any atom is 0.365 e. The molecule has 7 nitrogen and oxygen atoms in total. The van der Waals surface area contributed by atoms with E-state index in [2.05, 4.69) is 22.6 Å². The second-order valence-corrected chi connectivity index (χ2v) is 8.03. The fraction of sp³-hybridized carbons (Fsp3) is 0.333. The van der Waals surface area contributed by atoms with Crippen LogP contribution in [0.3, 0.4) is 0 Å². The molecule has 0 bridgehead atoms. The third-order valence-corrected chi connectivity index (χ3v) is 5.82. The van der Waals surface area contributed by atoms with Crippen molar-refractivity contribution in [1.82, 2.24) is 15.8 Å². The van der Waals surface area contributed by atoms with E-state index in [0.717, 1.165) is 42.5 Å². The van der Waals surface area contributed by atoms with Crippen LogP contribution in [-0.4, -0.2) is 34.7 Å². The zero-order valence-corrected chi connectivity index (χ0v) is 18.0. The van der Waals surface area contributed by atoms with Crippen LogP contribution in [0.4, 0.5) is 13.6 Å². The van der Waals surface area contributed by atoms with Crippen LogP contribution in [0.1, 0.15) is 43.2 Å². The topological polar surface area (TPSA) is 86.2 Å². The number of amides is 2. The number of halogens is 2. The molecule has 33 heavy (non-hydrogen) atoms. The summed E-state index contributed by atoms with van der Waals surface area (Å²) in [5.74, 6) is -1.66. The van der Waals surface area contributed by atoms with Crippen molar-refractivity contribution in [3.8, 4) is 0 Å². The summed E-state index contributed by atoms with van der Waals surface area (Å²) in [5.41, 5.74) is 0.498. The molecule has 0 saturated carbocycles. The van der Waals surface area contributed by atoms with E-state index in [9.17, 15) is 18.8 Å². The van der Waals surface area contributed by atoms with E-state index in [1.165, 1.54) is 0 Å². The fourth-order valence-electron chi connectivity index (χ4n) is 4.20. The largest absolute Gasteiger partial charge is 0.443 e. The quantitative estimate of drug-likeness (QED) is 0.250. The summed E-state index contributed by atoms with van der Waals surface area (Å²) in [6.07, 6.45) is 8.47. The number of rotatable bonds is 7. The van der Waals surface area contributed by atoms with E-state index in [-0.39, 0.29) is 17.9 Å². The molecule has 174 valence electrons. The van der Waals surface area contributed by atoms with Gasteiger partial charge in [-0.2, -0.15) is 5.01 Å². The summed E-state index contributed by atoms with van der Waals surface area (Å²) < 4.78 is 34.5. The Morgan fingerprint density at radius 1 is 1.24 bits per heavy atom. The maximum absolute atomic E-state index is 14.5. The second-order valence-electron chi connectivity index (χ2n) is 8.03. The zero-order valence-electron chi connectivity index (χ0n) is 18.0. The first-order valence-electron chi connectivity index (χ1n) is 11.0. The van der Waals surface area contributed by atoms with Crippen molar-refractivity contribution in [2.45, 2.75) is 43.9 Å². The van der Waals surface area contributed by atoms with Crippen molar-refractivity contribution >= 4 is 11.9 Å². The lowest BCUT2D eigenvalue weighted by atomic mass is 9.96. The number of hydrogen-bond acceptors (Lipinski definition) is 5. The Labute approximate surface area is 190 Å². The highest BCUT2D eigenvalue weighted by Gasteiger charge is 2.50. The second kappa shape index (κ2) is 10.1. The monoisotopic (exact) mass is 456 g/mol. The average Bonchev–Trinajstić information content (AvgIpc) is 3.24. The van der Waals surface area contributed by atoms with Crippen LogP contribution < -0.4 is 10.8 Å². The van der Waals surface area contributed by atoms with Crippen LogP contribution in [0.25, 0.3) is 0 Å². The standard InChI is InChI=1S/C24H26F2N4O3/c25-18-12-13-21(26)20(16-18)22-28-30(23(31)29-32)24(33-22,17-8-3-1-4-9-17)14-7-15-27-19-10-5-2-6-11-19/h1,3-5,8-10,12-13,16,19,27,32H,2,6-7,11,14-15H2,(H,29,31). The Balaban J connectivity index is 1.63. The van der Waals surface area contributed by atoms with Crippen LogP contribution >= 0.6 is 0 Å². The van der Waals surface area contributed by atoms with Crippen molar-refractivity contribution in [1.29, 1.82) is 0 Å². The van der Waals surface area contributed by atoms with Gasteiger partial charge in [0.15, 0.2) is 0 Å². The number of hydrogen-bond donors (Lipinski definition) is 3.